The van der Waals surface area contributed by atoms with Gasteiger partial charge < -0.3 is 5.73 Å². The molecule has 0 unspecified atom stereocenters. The van der Waals surface area contributed by atoms with E-state index < -0.39 is 0 Å². The highest BCUT2D eigenvalue weighted by Crippen LogP contribution is 2.15. The number of hydrogen-bond acceptors (Lipinski definition) is 2. The monoisotopic (exact) mass is 192 g/mol. The molecule has 0 aliphatic rings. The summed E-state index contributed by atoms with van der Waals surface area (Å²) in [5.74, 6) is 0. The molecule has 0 amide bonds. The van der Waals surface area contributed by atoms with Crippen LogP contribution in [0, 0.1) is 6.92 Å². The van der Waals surface area contributed by atoms with Gasteiger partial charge in [-0.25, -0.2) is 0 Å². The number of aromatic nitrogens is 1. The van der Waals surface area contributed by atoms with E-state index in [2.05, 4.69) is 11.9 Å². The fourth-order valence-corrected chi connectivity index (χ4v) is 1.53. The fraction of sp³-hybridized carbons (Fsp3) is 0.583. The predicted octanol–water partition coefficient (Wildman–Crippen LogP) is 2.97. The van der Waals surface area contributed by atoms with Crippen molar-refractivity contribution in [3.63, 3.8) is 0 Å². The second-order valence-corrected chi connectivity index (χ2v) is 3.81. The second kappa shape index (κ2) is 5.76. The Kier molecular flexibility index (Phi) is 4.60. The third kappa shape index (κ3) is 3.46. The summed E-state index contributed by atoms with van der Waals surface area (Å²) in [4.78, 5) is 4.43. The first-order chi connectivity index (χ1) is 6.74. The molecule has 78 valence electrons. The Hall–Kier alpha value is -0.890. The molecule has 1 aromatic heterocycles. The Labute approximate surface area is 86.5 Å². The zero-order chi connectivity index (χ0) is 10.4. The number of unbranched alkanes of at least 4 members (excludes halogenated alkanes) is 2. The van der Waals surface area contributed by atoms with Gasteiger partial charge in [0, 0.05) is 11.7 Å². The standard InChI is InChI=1S/C12H20N2/c1-3-4-5-8-11(13)12-9-6-7-10(2)14-12/h6-7,9,11H,3-5,8,13H2,1-2H3/t11-/m0/s1. The van der Waals surface area contributed by atoms with Crippen LogP contribution in [0.15, 0.2) is 18.2 Å². The molecule has 0 spiro atoms. The molecule has 1 heterocycles. The summed E-state index contributed by atoms with van der Waals surface area (Å²) in [5.41, 5.74) is 8.12. The maximum absolute atomic E-state index is 6.04. The van der Waals surface area contributed by atoms with Gasteiger partial charge in [-0.15, -0.1) is 0 Å². The largest absolute Gasteiger partial charge is 0.323 e. The Bertz CT molecular complexity index is 271. The van der Waals surface area contributed by atoms with Crippen LogP contribution in [0.1, 0.15) is 50.0 Å². The minimum Gasteiger partial charge on any atom is -0.323 e. The molecule has 1 rings (SSSR count). The number of pyridine rings is 1. The number of aryl methyl sites for hydroxylation is 1. The molecule has 0 radical (unpaired) electrons. The van der Waals surface area contributed by atoms with Crippen molar-refractivity contribution in [2.24, 2.45) is 5.73 Å². The first-order valence-corrected chi connectivity index (χ1v) is 5.43. The zero-order valence-corrected chi connectivity index (χ0v) is 9.16. The molecule has 0 saturated carbocycles. The lowest BCUT2D eigenvalue weighted by Gasteiger charge is -2.10. The van der Waals surface area contributed by atoms with E-state index in [1.54, 1.807) is 0 Å². The second-order valence-electron chi connectivity index (χ2n) is 3.81. The molecule has 0 aliphatic heterocycles. The van der Waals surface area contributed by atoms with Crippen molar-refractivity contribution in [2.75, 3.05) is 0 Å². The van der Waals surface area contributed by atoms with Crippen molar-refractivity contribution < 1.29 is 0 Å². The Morgan fingerprint density at radius 2 is 2.14 bits per heavy atom. The predicted molar refractivity (Wildman–Crippen MR) is 60.0 cm³/mol. The Morgan fingerprint density at radius 3 is 2.79 bits per heavy atom. The first-order valence-electron chi connectivity index (χ1n) is 5.43. The summed E-state index contributed by atoms with van der Waals surface area (Å²) < 4.78 is 0. The van der Waals surface area contributed by atoms with Gasteiger partial charge >= 0.3 is 0 Å². The lowest BCUT2D eigenvalue weighted by atomic mass is 10.1. The first kappa shape index (κ1) is 11.2. The van der Waals surface area contributed by atoms with Gasteiger partial charge in [0.15, 0.2) is 0 Å². The molecular formula is C12H20N2. The van der Waals surface area contributed by atoms with E-state index in [1.165, 1.54) is 19.3 Å². The average Bonchev–Trinajstić information content (AvgIpc) is 2.18. The average molecular weight is 192 g/mol. The fourth-order valence-electron chi connectivity index (χ4n) is 1.53. The smallest absolute Gasteiger partial charge is 0.0574 e. The SMILES string of the molecule is CCCCC[C@H](N)c1cccc(C)n1. The quantitative estimate of drug-likeness (QED) is 0.728. The summed E-state index contributed by atoms with van der Waals surface area (Å²) in [5, 5.41) is 0. The van der Waals surface area contributed by atoms with Gasteiger partial charge in [0.05, 0.1) is 5.69 Å². The van der Waals surface area contributed by atoms with Gasteiger partial charge in [-0.1, -0.05) is 32.3 Å². The van der Waals surface area contributed by atoms with Crippen LogP contribution in [0.3, 0.4) is 0 Å². The van der Waals surface area contributed by atoms with Gasteiger partial charge in [0.25, 0.3) is 0 Å². The van der Waals surface area contributed by atoms with Crippen LogP contribution >= 0.6 is 0 Å². The molecule has 2 N–H and O–H groups in total. The number of rotatable bonds is 5. The number of hydrogen-bond donors (Lipinski definition) is 1. The van der Waals surface area contributed by atoms with E-state index in [1.807, 2.05) is 25.1 Å². The molecule has 0 saturated heterocycles. The summed E-state index contributed by atoms with van der Waals surface area (Å²) in [7, 11) is 0. The van der Waals surface area contributed by atoms with Gasteiger partial charge in [0.2, 0.25) is 0 Å². The van der Waals surface area contributed by atoms with Crippen LogP contribution in [-0.2, 0) is 0 Å². The van der Waals surface area contributed by atoms with Crippen LogP contribution in [0.25, 0.3) is 0 Å². The molecule has 14 heavy (non-hydrogen) atoms. The highest BCUT2D eigenvalue weighted by atomic mass is 14.8. The van der Waals surface area contributed by atoms with E-state index in [-0.39, 0.29) is 6.04 Å². The van der Waals surface area contributed by atoms with E-state index in [4.69, 9.17) is 5.73 Å². The lowest BCUT2D eigenvalue weighted by Crippen LogP contribution is -2.12. The highest BCUT2D eigenvalue weighted by molar-refractivity contribution is 5.12. The molecule has 2 heteroatoms. The van der Waals surface area contributed by atoms with E-state index >= 15 is 0 Å². The Balaban J connectivity index is 2.47. The maximum atomic E-state index is 6.04. The van der Waals surface area contributed by atoms with Gasteiger partial charge in [-0.3, -0.25) is 4.98 Å². The van der Waals surface area contributed by atoms with Gasteiger partial charge in [-0.05, 0) is 25.5 Å². The van der Waals surface area contributed by atoms with Crippen molar-refractivity contribution in [3.05, 3.63) is 29.6 Å². The number of nitrogens with two attached hydrogens (primary N) is 1. The van der Waals surface area contributed by atoms with Gasteiger partial charge in [0.1, 0.15) is 0 Å². The topological polar surface area (TPSA) is 38.9 Å². The van der Waals surface area contributed by atoms with Crippen LogP contribution in [-0.4, -0.2) is 4.98 Å². The minimum absolute atomic E-state index is 0.112. The van der Waals surface area contributed by atoms with E-state index in [0.29, 0.717) is 0 Å². The molecule has 0 fully saturated rings. The number of nitrogens with zero attached hydrogens (tertiary/aromatic N) is 1. The molecule has 1 atom stereocenters. The molecule has 0 bridgehead atoms. The normalized spacial score (nSPS) is 12.8. The Morgan fingerprint density at radius 1 is 1.36 bits per heavy atom. The third-order valence-electron chi connectivity index (χ3n) is 2.41. The van der Waals surface area contributed by atoms with E-state index in [9.17, 15) is 0 Å². The molecular weight excluding hydrogens is 172 g/mol. The van der Waals surface area contributed by atoms with Crippen LogP contribution in [0.5, 0.6) is 0 Å². The summed E-state index contributed by atoms with van der Waals surface area (Å²) >= 11 is 0. The van der Waals surface area contributed by atoms with Crippen molar-refractivity contribution in [1.82, 2.24) is 4.98 Å². The molecule has 2 nitrogen and oxygen atoms in total. The van der Waals surface area contributed by atoms with Crippen molar-refractivity contribution >= 4 is 0 Å². The summed E-state index contributed by atoms with van der Waals surface area (Å²) in [6.07, 6.45) is 4.76. The van der Waals surface area contributed by atoms with Crippen molar-refractivity contribution in [1.29, 1.82) is 0 Å². The minimum atomic E-state index is 0.112. The maximum Gasteiger partial charge on any atom is 0.0574 e. The third-order valence-corrected chi connectivity index (χ3v) is 2.41. The van der Waals surface area contributed by atoms with Crippen LogP contribution in [0.2, 0.25) is 0 Å². The zero-order valence-electron chi connectivity index (χ0n) is 9.16. The van der Waals surface area contributed by atoms with Crippen LogP contribution in [0.4, 0.5) is 0 Å². The van der Waals surface area contributed by atoms with Crippen LogP contribution < -0.4 is 5.73 Å². The van der Waals surface area contributed by atoms with Crippen molar-refractivity contribution in [2.45, 2.75) is 45.6 Å². The molecule has 0 aromatic carbocycles. The summed E-state index contributed by atoms with van der Waals surface area (Å²) in [6.45, 7) is 4.21. The summed E-state index contributed by atoms with van der Waals surface area (Å²) in [6, 6.07) is 6.16. The van der Waals surface area contributed by atoms with E-state index in [0.717, 1.165) is 17.8 Å². The highest BCUT2D eigenvalue weighted by Gasteiger charge is 2.06. The molecule has 1 aromatic rings. The van der Waals surface area contributed by atoms with Crippen molar-refractivity contribution in [3.8, 4) is 0 Å². The molecule has 0 aliphatic carbocycles. The lowest BCUT2D eigenvalue weighted by molar-refractivity contribution is 0.570. The van der Waals surface area contributed by atoms with Gasteiger partial charge in [-0.2, -0.15) is 0 Å².